The number of benzene rings is 2. The normalized spacial score (nSPS) is 10.9. The van der Waals surface area contributed by atoms with Gasteiger partial charge in [0.1, 0.15) is 17.6 Å². The summed E-state index contributed by atoms with van der Waals surface area (Å²) < 4.78 is 43.4. The average Bonchev–Trinajstić information content (AvgIpc) is 2.37. The monoisotopic (exact) mass is 277 g/mol. The molecule has 102 valence electrons. The molecule has 2 aromatic rings. The van der Waals surface area contributed by atoms with Crippen molar-refractivity contribution < 1.29 is 17.9 Å². The predicted molar refractivity (Wildman–Crippen MR) is 67.4 cm³/mol. The molecule has 0 heterocycles. The molecule has 0 aliphatic heterocycles. The number of rotatable bonds is 2. The first-order valence-corrected chi connectivity index (χ1v) is 5.76. The van der Waals surface area contributed by atoms with E-state index in [0.29, 0.717) is 5.75 Å². The van der Waals surface area contributed by atoms with Crippen molar-refractivity contribution in [2.24, 2.45) is 0 Å². The third-order valence-corrected chi connectivity index (χ3v) is 2.65. The minimum atomic E-state index is -4.47. The first-order valence-electron chi connectivity index (χ1n) is 5.76. The van der Waals surface area contributed by atoms with Gasteiger partial charge in [-0.15, -0.1) is 0 Å². The van der Waals surface area contributed by atoms with Crippen molar-refractivity contribution in [1.29, 1.82) is 5.26 Å². The second-order valence-electron chi connectivity index (χ2n) is 4.24. The molecule has 5 heteroatoms. The highest BCUT2D eigenvalue weighted by molar-refractivity contribution is 5.48. The molecule has 0 aromatic heterocycles. The van der Waals surface area contributed by atoms with Crippen LogP contribution < -0.4 is 4.74 Å². The summed E-state index contributed by atoms with van der Waals surface area (Å²) in [4.78, 5) is 0. The lowest BCUT2D eigenvalue weighted by Crippen LogP contribution is -2.05. The van der Waals surface area contributed by atoms with Crippen LogP contribution in [0.1, 0.15) is 16.7 Å². The minimum absolute atomic E-state index is 0.0551. The fraction of sp³-hybridized carbons (Fsp3) is 0.133. The third kappa shape index (κ3) is 3.09. The quantitative estimate of drug-likeness (QED) is 0.798. The van der Waals surface area contributed by atoms with Gasteiger partial charge in [-0.2, -0.15) is 18.4 Å². The van der Waals surface area contributed by atoms with E-state index in [-0.39, 0.29) is 11.3 Å². The summed E-state index contributed by atoms with van der Waals surface area (Å²) in [5.41, 5.74) is 0.117. The van der Waals surface area contributed by atoms with Gasteiger partial charge in [-0.05, 0) is 42.8 Å². The van der Waals surface area contributed by atoms with E-state index in [4.69, 9.17) is 10.00 Å². The van der Waals surface area contributed by atoms with Crippen LogP contribution in [0.4, 0.5) is 13.2 Å². The predicted octanol–water partition coefficient (Wildman–Crippen LogP) is 4.68. The zero-order chi connectivity index (χ0) is 14.8. The Hall–Kier alpha value is -2.48. The van der Waals surface area contributed by atoms with Gasteiger partial charge in [-0.1, -0.05) is 12.1 Å². The molecule has 0 saturated carbocycles. The number of nitriles is 1. The van der Waals surface area contributed by atoms with Crippen LogP contribution >= 0.6 is 0 Å². The fourth-order valence-electron chi connectivity index (χ4n) is 1.68. The van der Waals surface area contributed by atoms with Crippen molar-refractivity contribution in [1.82, 2.24) is 0 Å². The Morgan fingerprint density at radius 1 is 1.10 bits per heavy atom. The largest absolute Gasteiger partial charge is 0.456 e. The number of hydrogen-bond acceptors (Lipinski definition) is 2. The summed E-state index contributed by atoms with van der Waals surface area (Å²) in [6.45, 7) is 1.84. The maximum atomic E-state index is 12.7. The van der Waals surface area contributed by atoms with Crippen molar-refractivity contribution >= 4 is 0 Å². The molecule has 0 atom stereocenters. The Balaban J connectivity index is 2.42. The highest BCUT2D eigenvalue weighted by atomic mass is 19.4. The second-order valence-corrected chi connectivity index (χ2v) is 4.24. The van der Waals surface area contributed by atoms with Crippen LogP contribution in [0, 0.1) is 18.3 Å². The van der Waals surface area contributed by atoms with E-state index in [2.05, 4.69) is 0 Å². The topological polar surface area (TPSA) is 33.0 Å². The van der Waals surface area contributed by atoms with Crippen LogP contribution in [0.5, 0.6) is 11.5 Å². The van der Waals surface area contributed by atoms with Crippen molar-refractivity contribution in [3.05, 3.63) is 59.2 Å². The van der Waals surface area contributed by atoms with Crippen molar-refractivity contribution in [2.45, 2.75) is 13.1 Å². The number of ether oxygens (including phenoxy) is 1. The molecule has 0 amide bonds. The lowest BCUT2D eigenvalue weighted by Gasteiger charge is -2.11. The maximum Gasteiger partial charge on any atom is 0.416 e. The Kier molecular flexibility index (Phi) is 3.66. The van der Waals surface area contributed by atoms with Crippen molar-refractivity contribution in [2.75, 3.05) is 0 Å². The molecule has 2 rings (SSSR count). The van der Waals surface area contributed by atoms with E-state index < -0.39 is 11.7 Å². The van der Waals surface area contributed by atoms with Crippen LogP contribution in [0.15, 0.2) is 42.5 Å². The summed E-state index contributed by atoms with van der Waals surface area (Å²) in [5, 5.41) is 8.93. The highest BCUT2D eigenvalue weighted by Crippen LogP contribution is 2.34. The molecule has 0 aliphatic rings. The molecule has 0 radical (unpaired) electrons. The number of nitrogens with zero attached hydrogens (tertiary/aromatic N) is 1. The van der Waals surface area contributed by atoms with Crippen LogP contribution in [0.2, 0.25) is 0 Å². The molecule has 0 saturated heterocycles. The number of aryl methyl sites for hydroxylation is 1. The van der Waals surface area contributed by atoms with Crippen LogP contribution in [0.3, 0.4) is 0 Å². The highest BCUT2D eigenvalue weighted by Gasteiger charge is 2.31. The van der Waals surface area contributed by atoms with Gasteiger partial charge < -0.3 is 4.74 Å². The van der Waals surface area contributed by atoms with E-state index >= 15 is 0 Å². The summed E-state index contributed by atoms with van der Waals surface area (Å²) in [6, 6.07) is 11.5. The van der Waals surface area contributed by atoms with Gasteiger partial charge in [0.25, 0.3) is 0 Å². The van der Waals surface area contributed by atoms with E-state index in [1.807, 2.05) is 19.1 Å². The molecule has 0 spiro atoms. The van der Waals surface area contributed by atoms with E-state index in [9.17, 15) is 13.2 Å². The first-order chi connectivity index (χ1) is 9.40. The summed E-state index contributed by atoms with van der Waals surface area (Å²) in [6.07, 6.45) is -4.47. The van der Waals surface area contributed by atoms with Crippen molar-refractivity contribution in [3.63, 3.8) is 0 Å². The third-order valence-electron chi connectivity index (χ3n) is 2.65. The van der Waals surface area contributed by atoms with E-state index in [1.165, 1.54) is 0 Å². The lowest BCUT2D eigenvalue weighted by molar-refractivity contribution is -0.137. The lowest BCUT2D eigenvalue weighted by atomic mass is 10.1. The van der Waals surface area contributed by atoms with Crippen LogP contribution in [-0.4, -0.2) is 0 Å². The second kappa shape index (κ2) is 5.25. The maximum absolute atomic E-state index is 12.7. The smallest absolute Gasteiger partial charge is 0.416 e. The Morgan fingerprint density at radius 3 is 2.45 bits per heavy atom. The Bertz CT molecular complexity index is 672. The fourth-order valence-corrected chi connectivity index (χ4v) is 1.68. The van der Waals surface area contributed by atoms with Gasteiger partial charge in [-0.25, -0.2) is 0 Å². The van der Waals surface area contributed by atoms with Gasteiger partial charge in [0.05, 0.1) is 11.1 Å². The average molecular weight is 277 g/mol. The zero-order valence-electron chi connectivity index (χ0n) is 10.5. The molecule has 20 heavy (non-hydrogen) atoms. The summed E-state index contributed by atoms with van der Waals surface area (Å²) in [5.74, 6) is 0.286. The van der Waals surface area contributed by atoms with E-state index in [0.717, 1.165) is 23.8 Å². The molecule has 2 aromatic carbocycles. The number of hydrogen-bond donors (Lipinski definition) is 0. The van der Waals surface area contributed by atoms with Crippen LogP contribution in [0.25, 0.3) is 0 Å². The van der Waals surface area contributed by atoms with Crippen LogP contribution in [-0.2, 0) is 6.18 Å². The number of halogens is 3. The van der Waals surface area contributed by atoms with Gasteiger partial charge in [0.15, 0.2) is 0 Å². The Morgan fingerprint density at radius 2 is 1.85 bits per heavy atom. The molecular formula is C15H10F3NO. The zero-order valence-corrected chi connectivity index (χ0v) is 10.5. The molecular weight excluding hydrogens is 267 g/mol. The summed E-state index contributed by atoms with van der Waals surface area (Å²) in [7, 11) is 0. The van der Waals surface area contributed by atoms with Gasteiger partial charge in [0, 0.05) is 0 Å². The first kappa shape index (κ1) is 13.9. The molecule has 0 aliphatic carbocycles. The minimum Gasteiger partial charge on any atom is -0.456 e. The van der Waals surface area contributed by atoms with Crippen molar-refractivity contribution in [3.8, 4) is 17.6 Å². The van der Waals surface area contributed by atoms with Gasteiger partial charge in [-0.3, -0.25) is 0 Å². The standard InChI is InChI=1S/C15H10F3NO/c1-10-3-2-4-13(7-10)20-14-8-12(15(16,17)18)6-5-11(14)9-19/h2-8H,1H3. The Labute approximate surface area is 114 Å². The number of alkyl halides is 3. The SMILES string of the molecule is Cc1cccc(Oc2cc(C(F)(F)F)ccc2C#N)c1. The molecule has 2 nitrogen and oxygen atoms in total. The van der Waals surface area contributed by atoms with Gasteiger partial charge >= 0.3 is 6.18 Å². The summed E-state index contributed by atoms with van der Waals surface area (Å²) >= 11 is 0. The van der Waals surface area contributed by atoms with Gasteiger partial charge in [0.2, 0.25) is 0 Å². The molecule has 0 fully saturated rings. The van der Waals surface area contributed by atoms with E-state index in [1.54, 1.807) is 18.2 Å². The molecule has 0 N–H and O–H groups in total. The molecule has 0 unspecified atom stereocenters. The molecule has 0 bridgehead atoms.